The second kappa shape index (κ2) is 5.75. The molecule has 0 fully saturated rings. The number of amides is 1. The maximum Gasteiger partial charge on any atom is 0.217 e. The van der Waals surface area contributed by atoms with E-state index >= 15 is 0 Å². The summed E-state index contributed by atoms with van der Waals surface area (Å²) in [5, 5.41) is 3.38. The molecule has 3 heteroatoms. The van der Waals surface area contributed by atoms with Gasteiger partial charge in [-0.1, -0.05) is 12.2 Å². The Hall–Kier alpha value is -0.830. The predicted molar refractivity (Wildman–Crippen MR) is 53.2 cm³/mol. The third-order valence-electron chi connectivity index (χ3n) is 2.26. The number of carbonyl (C=O) groups is 1. The Kier molecular flexibility index (Phi) is 4.54. The Balaban J connectivity index is 2.01. The van der Waals surface area contributed by atoms with Crippen LogP contribution in [0.3, 0.4) is 0 Å². The molecule has 1 aliphatic carbocycles. The minimum Gasteiger partial charge on any atom is -0.370 e. The first kappa shape index (κ1) is 10.3. The van der Waals surface area contributed by atoms with Crippen molar-refractivity contribution in [3.8, 4) is 0 Å². The van der Waals surface area contributed by atoms with E-state index in [1.54, 1.807) is 0 Å². The van der Waals surface area contributed by atoms with Crippen LogP contribution < -0.4 is 11.1 Å². The minimum absolute atomic E-state index is 0.207. The van der Waals surface area contributed by atoms with Crippen LogP contribution in [0.4, 0.5) is 0 Å². The molecular formula is C10H18N2O. The molecule has 13 heavy (non-hydrogen) atoms. The predicted octanol–water partition coefficient (Wildman–Crippen LogP) is 0.950. The van der Waals surface area contributed by atoms with E-state index in [2.05, 4.69) is 17.5 Å². The summed E-state index contributed by atoms with van der Waals surface area (Å²) in [5.41, 5.74) is 5.03. The van der Waals surface area contributed by atoms with Crippen molar-refractivity contribution in [3.63, 3.8) is 0 Å². The molecule has 0 aliphatic heterocycles. The van der Waals surface area contributed by atoms with E-state index in [1.165, 1.54) is 19.3 Å². The second-order valence-corrected chi connectivity index (χ2v) is 3.49. The third kappa shape index (κ3) is 4.68. The fourth-order valence-corrected chi connectivity index (χ4v) is 1.53. The summed E-state index contributed by atoms with van der Waals surface area (Å²) in [4.78, 5) is 10.4. The third-order valence-corrected chi connectivity index (χ3v) is 2.26. The Labute approximate surface area is 79.4 Å². The van der Waals surface area contributed by atoms with Crippen LogP contribution in [0.15, 0.2) is 12.2 Å². The lowest BCUT2D eigenvalue weighted by Gasteiger charge is -2.17. The van der Waals surface area contributed by atoms with Crippen LogP contribution in [0.25, 0.3) is 0 Å². The highest BCUT2D eigenvalue weighted by Gasteiger charge is 2.06. The van der Waals surface area contributed by atoms with E-state index in [0.29, 0.717) is 12.5 Å². The molecule has 0 bridgehead atoms. The van der Waals surface area contributed by atoms with Gasteiger partial charge in [0.25, 0.3) is 0 Å². The van der Waals surface area contributed by atoms with Gasteiger partial charge in [0.2, 0.25) is 5.91 Å². The second-order valence-electron chi connectivity index (χ2n) is 3.49. The summed E-state index contributed by atoms with van der Waals surface area (Å²) in [6.07, 6.45) is 9.46. The van der Waals surface area contributed by atoms with Crippen molar-refractivity contribution in [1.29, 1.82) is 0 Å². The largest absolute Gasteiger partial charge is 0.370 e. The number of hydrogen-bond donors (Lipinski definition) is 2. The lowest BCUT2D eigenvalue weighted by molar-refractivity contribution is -0.118. The smallest absolute Gasteiger partial charge is 0.217 e. The zero-order valence-corrected chi connectivity index (χ0v) is 7.96. The maximum absolute atomic E-state index is 10.4. The van der Waals surface area contributed by atoms with E-state index in [0.717, 1.165) is 13.0 Å². The van der Waals surface area contributed by atoms with E-state index in [1.807, 2.05) is 0 Å². The zero-order chi connectivity index (χ0) is 9.52. The molecule has 0 aromatic rings. The summed E-state index contributed by atoms with van der Waals surface area (Å²) in [7, 11) is 0. The van der Waals surface area contributed by atoms with Gasteiger partial charge in [-0.2, -0.15) is 0 Å². The van der Waals surface area contributed by atoms with Gasteiger partial charge in [-0.3, -0.25) is 4.79 Å². The Morgan fingerprint density at radius 2 is 2.46 bits per heavy atom. The first-order valence-corrected chi connectivity index (χ1v) is 4.97. The summed E-state index contributed by atoms with van der Waals surface area (Å²) in [5.74, 6) is -0.207. The zero-order valence-electron chi connectivity index (χ0n) is 7.96. The van der Waals surface area contributed by atoms with Crippen molar-refractivity contribution in [2.24, 2.45) is 5.73 Å². The number of nitrogens with two attached hydrogens (primary N) is 1. The molecule has 3 N–H and O–H groups in total. The first-order chi connectivity index (χ1) is 6.29. The van der Waals surface area contributed by atoms with Crippen LogP contribution in [0, 0.1) is 0 Å². The monoisotopic (exact) mass is 182 g/mol. The van der Waals surface area contributed by atoms with Crippen molar-refractivity contribution in [3.05, 3.63) is 12.2 Å². The van der Waals surface area contributed by atoms with Crippen molar-refractivity contribution in [2.45, 2.75) is 38.1 Å². The Morgan fingerprint density at radius 3 is 3.08 bits per heavy atom. The minimum atomic E-state index is -0.207. The molecule has 1 atom stereocenters. The average Bonchev–Trinajstić information content (AvgIpc) is 2.14. The van der Waals surface area contributed by atoms with Crippen LogP contribution in [0.1, 0.15) is 32.1 Å². The topological polar surface area (TPSA) is 55.1 Å². The molecule has 1 aliphatic rings. The van der Waals surface area contributed by atoms with Gasteiger partial charge in [0.15, 0.2) is 0 Å². The van der Waals surface area contributed by atoms with Crippen LogP contribution >= 0.6 is 0 Å². The number of carbonyl (C=O) groups excluding carboxylic acids is 1. The van der Waals surface area contributed by atoms with Crippen molar-refractivity contribution in [1.82, 2.24) is 5.32 Å². The van der Waals surface area contributed by atoms with E-state index in [9.17, 15) is 4.79 Å². The highest BCUT2D eigenvalue weighted by atomic mass is 16.1. The average molecular weight is 182 g/mol. The molecule has 0 saturated carbocycles. The lowest BCUT2D eigenvalue weighted by atomic mass is 10.0. The summed E-state index contributed by atoms with van der Waals surface area (Å²) in [6, 6.07) is 0.515. The molecule has 0 aromatic heterocycles. The van der Waals surface area contributed by atoms with Crippen LogP contribution in [0.5, 0.6) is 0 Å². The van der Waals surface area contributed by atoms with Gasteiger partial charge < -0.3 is 11.1 Å². The van der Waals surface area contributed by atoms with Gasteiger partial charge in [-0.25, -0.2) is 0 Å². The highest BCUT2D eigenvalue weighted by molar-refractivity contribution is 5.73. The number of allylic oxidation sites excluding steroid dienone is 1. The summed E-state index contributed by atoms with van der Waals surface area (Å²) in [6.45, 7) is 0.887. The van der Waals surface area contributed by atoms with Crippen molar-refractivity contribution < 1.29 is 4.79 Å². The fourth-order valence-electron chi connectivity index (χ4n) is 1.53. The molecule has 0 radical (unpaired) electrons. The van der Waals surface area contributed by atoms with Crippen LogP contribution in [-0.2, 0) is 4.79 Å². The van der Waals surface area contributed by atoms with Crippen LogP contribution in [-0.4, -0.2) is 18.5 Å². The van der Waals surface area contributed by atoms with E-state index in [-0.39, 0.29) is 5.91 Å². The first-order valence-electron chi connectivity index (χ1n) is 4.97. The molecule has 74 valence electrons. The normalized spacial score (nSPS) is 21.7. The fraction of sp³-hybridized carbons (Fsp3) is 0.700. The molecule has 0 heterocycles. The number of rotatable bonds is 5. The van der Waals surface area contributed by atoms with E-state index in [4.69, 9.17) is 5.73 Å². The molecule has 0 spiro atoms. The molecule has 0 saturated heterocycles. The molecule has 1 rings (SSSR count). The van der Waals surface area contributed by atoms with Gasteiger partial charge in [-0.05, 0) is 32.2 Å². The molecule has 0 aromatic carbocycles. The number of nitrogens with one attached hydrogen (secondary N) is 1. The molecule has 1 unspecified atom stereocenters. The van der Waals surface area contributed by atoms with Crippen LogP contribution in [0.2, 0.25) is 0 Å². The lowest BCUT2D eigenvalue weighted by Crippen LogP contribution is -2.29. The van der Waals surface area contributed by atoms with Gasteiger partial charge in [0.05, 0.1) is 0 Å². The standard InChI is InChI=1S/C10H18N2O/c11-10(13)7-4-8-12-9-5-2-1-3-6-9/h2,5,9,12H,1,3-4,6-8H2,(H2,11,13). The number of primary amides is 1. The Bertz CT molecular complexity index is 189. The quantitative estimate of drug-likeness (QED) is 0.491. The molecule has 3 nitrogen and oxygen atoms in total. The van der Waals surface area contributed by atoms with Gasteiger partial charge in [-0.15, -0.1) is 0 Å². The van der Waals surface area contributed by atoms with Gasteiger partial charge in [0.1, 0.15) is 0 Å². The van der Waals surface area contributed by atoms with E-state index < -0.39 is 0 Å². The molecule has 1 amide bonds. The van der Waals surface area contributed by atoms with Crippen molar-refractivity contribution >= 4 is 5.91 Å². The maximum atomic E-state index is 10.4. The number of hydrogen-bond acceptors (Lipinski definition) is 2. The SMILES string of the molecule is NC(=O)CCCNC1C=CCCC1. The summed E-state index contributed by atoms with van der Waals surface area (Å²) >= 11 is 0. The Morgan fingerprint density at radius 1 is 1.62 bits per heavy atom. The highest BCUT2D eigenvalue weighted by Crippen LogP contribution is 2.09. The van der Waals surface area contributed by atoms with Gasteiger partial charge in [0, 0.05) is 12.5 Å². The van der Waals surface area contributed by atoms with Crippen molar-refractivity contribution in [2.75, 3.05) is 6.54 Å². The summed E-state index contributed by atoms with van der Waals surface area (Å²) < 4.78 is 0. The molecular weight excluding hydrogens is 164 g/mol. The van der Waals surface area contributed by atoms with Gasteiger partial charge >= 0.3 is 0 Å².